The lowest BCUT2D eigenvalue weighted by atomic mass is 9.95. The van der Waals surface area contributed by atoms with Gasteiger partial charge in [0.25, 0.3) is 0 Å². The summed E-state index contributed by atoms with van der Waals surface area (Å²) in [4.78, 5) is 11.3. The Morgan fingerprint density at radius 2 is 1.72 bits per heavy atom. The fourth-order valence-electron chi connectivity index (χ4n) is 2.55. The van der Waals surface area contributed by atoms with Gasteiger partial charge in [-0.05, 0) is 42.8 Å². The maximum absolute atomic E-state index is 11.5. The molecule has 1 aliphatic rings. The number of hydrogen-bond acceptors (Lipinski definition) is 4. The van der Waals surface area contributed by atoms with Crippen molar-refractivity contribution in [3.63, 3.8) is 0 Å². The third-order valence-electron chi connectivity index (χ3n) is 4.02. The average Bonchev–Trinajstić information content (AvgIpc) is 2.54. The predicted molar refractivity (Wildman–Crippen MR) is 103 cm³/mol. The Labute approximate surface area is 154 Å². The second-order valence-corrected chi connectivity index (χ2v) is 10.4. The van der Waals surface area contributed by atoms with Crippen LogP contribution in [0, 0.1) is 6.92 Å². The summed E-state index contributed by atoms with van der Waals surface area (Å²) in [7, 11) is -3.87. The lowest BCUT2D eigenvalue weighted by molar-refractivity contribution is -0.121. The third kappa shape index (κ3) is 9.87. The summed E-state index contributed by atoms with van der Waals surface area (Å²) in [5.41, 5.74) is 0.928. The standard InChI is InChI=1S/C11H21NOS.C7H8O3S/c1-14(2)9-8-11(13)12-10-6-4-3-5-7-10;1-6-2-4-7(5-3-6)11(8,9)10/h10H,3-9H2,1-2H3;2-5H,1H3,(H,8,9,10). The molecule has 142 valence electrons. The molecule has 0 atom stereocenters. The largest absolute Gasteiger partial charge is 0.744 e. The number of nitrogens with one attached hydrogen (secondary N) is 1. The van der Waals surface area contributed by atoms with E-state index in [0.29, 0.717) is 23.4 Å². The quantitative estimate of drug-likeness (QED) is 0.621. The van der Waals surface area contributed by atoms with Crippen LogP contribution >= 0.6 is 0 Å². The zero-order valence-electron chi connectivity index (χ0n) is 15.3. The zero-order valence-corrected chi connectivity index (χ0v) is 16.9. The Morgan fingerprint density at radius 1 is 1.16 bits per heavy atom. The van der Waals surface area contributed by atoms with Crippen LogP contribution in [0.15, 0.2) is 29.2 Å². The monoisotopic (exact) mass is 387 g/mol. The van der Waals surface area contributed by atoms with Gasteiger partial charge in [0.05, 0.1) is 23.8 Å². The second-order valence-electron chi connectivity index (χ2n) is 6.61. The van der Waals surface area contributed by atoms with E-state index >= 15 is 0 Å². The maximum Gasteiger partial charge on any atom is 0.224 e. The van der Waals surface area contributed by atoms with Gasteiger partial charge in [-0.1, -0.05) is 37.0 Å². The SMILES string of the molecule is C[S+](C)CCC(=O)NC1CCCCC1.Cc1ccc(S(=O)(=O)[O-])cc1. The van der Waals surface area contributed by atoms with Gasteiger partial charge in [-0.2, -0.15) is 0 Å². The summed E-state index contributed by atoms with van der Waals surface area (Å²) >= 11 is 0. The normalized spacial score (nSPS) is 15.4. The van der Waals surface area contributed by atoms with E-state index in [2.05, 4.69) is 17.8 Å². The molecule has 0 bridgehead atoms. The Morgan fingerprint density at radius 3 is 2.20 bits per heavy atom. The molecule has 1 amide bonds. The number of carbonyl (C=O) groups excluding carboxylic acids is 1. The van der Waals surface area contributed by atoms with E-state index in [1.54, 1.807) is 12.1 Å². The molecule has 1 saturated carbocycles. The minimum Gasteiger partial charge on any atom is -0.744 e. The smallest absolute Gasteiger partial charge is 0.224 e. The van der Waals surface area contributed by atoms with Gasteiger partial charge in [-0.15, -0.1) is 0 Å². The highest BCUT2D eigenvalue weighted by Gasteiger charge is 2.16. The van der Waals surface area contributed by atoms with Crippen molar-refractivity contribution in [1.29, 1.82) is 0 Å². The zero-order chi connectivity index (χ0) is 18.9. The van der Waals surface area contributed by atoms with E-state index in [0.717, 1.165) is 11.3 Å². The Bertz CT molecular complexity index is 621. The summed E-state index contributed by atoms with van der Waals surface area (Å²) in [6, 6.07) is 6.26. The number of aryl methyl sites for hydroxylation is 1. The number of hydrogen-bond donors (Lipinski definition) is 1. The van der Waals surface area contributed by atoms with Crippen LogP contribution in [0.3, 0.4) is 0 Å². The van der Waals surface area contributed by atoms with Gasteiger partial charge in [0.15, 0.2) is 0 Å². The van der Waals surface area contributed by atoms with Crippen molar-refractivity contribution in [2.45, 2.75) is 56.4 Å². The first-order valence-corrected chi connectivity index (χ1v) is 12.2. The van der Waals surface area contributed by atoms with Gasteiger partial charge < -0.3 is 9.87 Å². The molecule has 25 heavy (non-hydrogen) atoms. The summed E-state index contributed by atoms with van der Waals surface area (Å²) in [5.74, 6) is 1.30. The van der Waals surface area contributed by atoms with Crippen LogP contribution < -0.4 is 5.32 Å². The molecule has 5 nitrogen and oxygen atoms in total. The first kappa shape index (κ1) is 22.0. The van der Waals surface area contributed by atoms with E-state index in [4.69, 9.17) is 0 Å². The van der Waals surface area contributed by atoms with Gasteiger partial charge >= 0.3 is 0 Å². The Hall–Kier alpha value is -1.05. The summed E-state index contributed by atoms with van der Waals surface area (Å²) in [6.07, 6.45) is 11.4. The van der Waals surface area contributed by atoms with Gasteiger partial charge in [-0.3, -0.25) is 4.79 Å². The lowest BCUT2D eigenvalue weighted by Crippen LogP contribution is -2.36. The molecule has 0 aliphatic heterocycles. The number of benzene rings is 1. The van der Waals surface area contributed by atoms with E-state index in [-0.39, 0.29) is 10.8 Å². The molecule has 0 spiro atoms. The average molecular weight is 388 g/mol. The molecule has 7 heteroatoms. The van der Waals surface area contributed by atoms with Crippen LogP contribution in [0.25, 0.3) is 0 Å². The molecule has 0 radical (unpaired) electrons. The van der Waals surface area contributed by atoms with Gasteiger partial charge in [0.1, 0.15) is 15.9 Å². The molecule has 0 heterocycles. The fourth-order valence-corrected chi connectivity index (χ4v) is 3.61. The van der Waals surface area contributed by atoms with Gasteiger partial charge in [0, 0.05) is 6.04 Å². The van der Waals surface area contributed by atoms with Crippen molar-refractivity contribution in [1.82, 2.24) is 5.32 Å². The minimum atomic E-state index is -4.27. The Kier molecular flexibility index (Phi) is 9.53. The molecule has 1 aromatic carbocycles. The van der Waals surface area contributed by atoms with Crippen molar-refractivity contribution >= 4 is 26.9 Å². The Balaban J connectivity index is 0.000000257. The maximum atomic E-state index is 11.5. The molecule has 2 rings (SSSR count). The molecule has 1 fully saturated rings. The summed E-state index contributed by atoms with van der Waals surface area (Å²) in [5, 5.41) is 3.14. The first-order chi connectivity index (χ1) is 11.7. The summed E-state index contributed by atoms with van der Waals surface area (Å²) < 4.78 is 31.2. The van der Waals surface area contributed by atoms with Crippen LogP contribution in [0.5, 0.6) is 0 Å². The van der Waals surface area contributed by atoms with Crippen molar-refractivity contribution in [3.8, 4) is 0 Å². The van der Waals surface area contributed by atoms with Crippen molar-refractivity contribution in [2.24, 2.45) is 0 Å². The van der Waals surface area contributed by atoms with E-state index in [1.807, 2.05) is 6.92 Å². The van der Waals surface area contributed by atoms with Crippen molar-refractivity contribution in [3.05, 3.63) is 29.8 Å². The number of amides is 1. The topological polar surface area (TPSA) is 86.3 Å². The van der Waals surface area contributed by atoms with Crippen LogP contribution in [0.4, 0.5) is 0 Å². The van der Waals surface area contributed by atoms with Crippen LogP contribution in [0.1, 0.15) is 44.1 Å². The molecule has 0 unspecified atom stereocenters. The second kappa shape index (κ2) is 10.8. The lowest BCUT2D eigenvalue weighted by Gasteiger charge is -2.22. The molecule has 1 N–H and O–H groups in total. The highest BCUT2D eigenvalue weighted by atomic mass is 32.2. The van der Waals surface area contributed by atoms with Gasteiger partial charge in [-0.25, -0.2) is 8.42 Å². The van der Waals surface area contributed by atoms with E-state index < -0.39 is 10.1 Å². The minimum absolute atomic E-state index is 0.178. The highest BCUT2D eigenvalue weighted by Crippen LogP contribution is 2.17. The predicted octanol–water partition coefficient (Wildman–Crippen LogP) is 2.60. The number of carbonyl (C=O) groups is 1. The number of rotatable bonds is 5. The highest BCUT2D eigenvalue weighted by molar-refractivity contribution is 7.95. The van der Waals surface area contributed by atoms with Crippen LogP contribution in [0.2, 0.25) is 0 Å². The van der Waals surface area contributed by atoms with Crippen molar-refractivity contribution in [2.75, 3.05) is 18.3 Å². The van der Waals surface area contributed by atoms with E-state index in [1.165, 1.54) is 44.2 Å². The first-order valence-electron chi connectivity index (χ1n) is 8.54. The molecule has 0 aromatic heterocycles. The molecule has 1 aliphatic carbocycles. The molecule has 1 aromatic rings. The van der Waals surface area contributed by atoms with E-state index in [9.17, 15) is 17.8 Å². The van der Waals surface area contributed by atoms with Crippen LogP contribution in [-0.2, 0) is 25.8 Å². The molecule has 0 saturated heterocycles. The van der Waals surface area contributed by atoms with Gasteiger partial charge in [0.2, 0.25) is 5.91 Å². The molecular weight excluding hydrogens is 358 g/mol. The molecular formula is C18H29NO4S2. The fraction of sp³-hybridized carbons (Fsp3) is 0.611. The van der Waals surface area contributed by atoms with Crippen LogP contribution in [-0.4, -0.2) is 43.2 Å². The van der Waals surface area contributed by atoms with Crippen molar-refractivity contribution < 1.29 is 17.8 Å². The summed E-state index contributed by atoms with van der Waals surface area (Å²) in [6.45, 7) is 1.82. The third-order valence-corrected chi connectivity index (χ3v) is 5.89.